The molecule has 0 radical (unpaired) electrons. The van der Waals surface area contributed by atoms with Crippen molar-refractivity contribution in [3.05, 3.63) is 70.3 Å². The Morgan fingerprint density at radius 1 is 0.895 bits per heavy atom. The second-order valence-corrected chi connectivity index (χ2v) is 4.97. The second kappa shape index (κ2) is 4.74. The van der Waals surface area contributed by atoms with Gasteiger partial charge in [-0.2, -0.15) is 0 Å². The smallest absolute Gasteiger partial charge is 0.123 e. The molecule has 0 amide bonds. The fraction of sp³-hybridized carbons (Fsp3) is 0.250. The third-order valence-electron chi connectivity index (χ3n) is 3.87. The van der Waals surface area contributed by atoms with Crippen LogP contribution in [0, 0.1) is 11.6 Å². The summed E-state index contributed by atoms with van der Waals surface area (Å²) >= 11 is 0. The van der Waals surface area contributed by atoms with Crippen LogP contribution in [0.1, 0.15) is 28.2 Å². The molecule has 2 N–H and O–H groups in total. The quantitative estimate of drug-likeness (QED) is 0.836. The van der Waals surface area contributed by atoms with E-state index >= 15 is 0 Å². The molecule has 2 aromatic rings. The standard InChI is InChI=1S/C16H15F2N/c17-12-5-3-10-1-2-11-4-6-13(18)8-15(11)16(9-19)14(10)7-12/h3-8,16H,1-2,9,19H2. The topological polar surface area (TPSA) is 26.0 Å². The molecule has 1 aliphatic carbocycles. The lowest BCUT2D eigenvalue weighted by atomic mass is 9.88. The maximum absolute atomic E-state index is 13.5. The Balaban J connectivity index is 2.20. The zero-order valence-electron chi connectivity index (χ0n) is 10.5. The summed E-state index contributed by atoms with van der Waals surface area (Å²) in [6, 6.07) is 9.65. The van der Waals surface area contributed by atoms with E-state index in [0.29, 0.717) is 6.54 Å². The number of fused-ring (bicyclic) bond motifs is 2. The SMILES string of the molecule is NCC1c2cc(F)ccc2CCc2ccc(F)cc21. The van der Waals surface area contributed by atoms with Gasteiger partial charge in [0, 0.05) is 12.5 Å². The number of benzene rings is 2. The molecule has 98 valence electrons. The number of nitrogens with two attached hydrogens (primary N) is 1. The van der Waals surface area contributed by atoms with Crippen molar-refractivity contribution in [2.24, 2.45) is 5.73 Å². The zero-order valence-corrected chi connectivity index (χ0v) is 10.5. The molecule has 0 saturated carbocycles. The van der Waals surface area contributed by atoms with Crippen molar-refractivity contribution in [2.75, 3.05) is 6.54 Å². The summed E-state index contributed by atoms with van der Waals surface area (Å²) in [5, 5.41) is 0. The summed E-state index contributed by atoms with van der Waals surface area (Å²) in [5.74, 6) is -0.659. The molecule has 0 aromatic heterocycles. The van der Waals surface area contributed by atoms with E-state index in [1.165, 1.54) is 24.3 Å². The largest absolute Gasteiger partial charge is 0.330 e. The third kappa shape index (κ3) is 2.15. The summed E-state index contributed by atoms with van der Waals surface area (Å²) in [4.78, 5) is 0. The Kier molecular flexibility index (Phi) is 3.07. The van der Waals surface area contributed by atoms with Crippen molar-refractivity contribution in [1.29, 1.82) is 0 Å². The van der Waals surface area contributed by atoms with Crippen LogP contribution >= 0.6 is 0 Å². The van der Waals surface area contributed by atoms with Gasteiger partial charge in [0.2, 0.25) is 0 Å². The summed E-state index contributed by atoms with van der Waals surface area (Å²) < 4.78 is 27.0. The van der Waals surface area contributed by atoms with E-state index < -0.39 is 0 Å². The first-order chi connectivity index (χ1) is 9.19. The minimum atomic E-state index is -0.267. The molecule has 0 fully saturated rings. The molecule has 1 aliphatic rings. The van der Waals surface area contributed by atoms with E-state index in [2.05, 4.69) is 0 Å². The maximum Gasteiger partial charge on any atom is 0.123 e. The molecule has 3 rings (SSSR count). The second-order valence-electron chi connectivity index (χ2n) is 4.97. The average Bonchev–Trinajstić information content (AvgIpc) is 2.54. The molecule has 0 saturated heterocycles. The molecule has 0 aliphatic heterocycles. The normalized spacial score (nSPS) is 14.7. The van der Waals surface area contributed by atoms with Gasteiger partial charge in [0.1, 0.15) is 11.6 Å². The Morgan fingerprint density at radius 3 is 1.79 bits per heavy atom. The van der Waals surface area contributed by atoms with Crippen LogP contribution in [0.15, 0.2) is 36.4 Å². The van der Waals surface area contributed by atoms with E-state index in [1.807, 2.05) is 12.1 Å². The van der Waals surface area contributed by atoms with Gasteiger partial charge in [0.25, 0.3) is 0 Å². The lowest BCUT2D eigenvalue weighted by Gasteiger charge is -2.18. The van der Waals surface area contributed by atoms with Crippen molar-refractivity contribution >= 4 is 0 Å². The van der Waals surface area contributed by atoms with Crippen molar-refractivity contribution < 1.29 is 8.78 Å². The van der Waals surface area contributed by atoms with Crippen LogP contribution in [0.2, 0.25) is 0 Å². The van der Waals surface area contributed by atoms with Crippen molar-refractivity contribution in [3.63, 3.8) is 0 Å². The van der Waals surface area contributed by atoms with E-state index in [0.717, 1.165) is 35.1 Å². The first kappa shape index (κ1) is 12.3. The number of aryl methyl sites for hydroxylation is 2. The monoisotopic (exact) mass is 259 g/mol. The zero-order chi connectivity index (χ0) is 13.4. The van der Waals surface area contributed by atoms with Crippen LogP contribution < -0.4 is 5.73 Å². The predicted octanol–water partition coefficient (Wildman–Crippen LogP) is 3.15. The Labute approximate surface area is 111 Å². The number of hydrogen-bond acceptors (Lipinski definition) is 1. The van der Waals surface area contributed by atoms with Gasteiger partial charge in [-0.1, -0.05) is 12.1 Å². The Bertz CT molecular complexity index is 569. The fourth-order valence-corrected chi connectivity index (χ4v) is 2.93. The minimum Gasteiger partial charge on any atom is -0.330 e. The van der Waals surface area contributed by atoms with Crippen molar-refractivity contribution in [1.82, 2.24) is 0 Å². The van der Waals surface area contributed by atoms with Crippen LogP contribution in [0.4, 0.5) is 8.78 Å². The third-order valence-corrected chi connectivity index (χ3v) is 3.87. The van der Waals surface area contributed by atoms with Gasteiger partial charge in [-0.05, 0) is 59.4 Å². The molecule has 19 heavy (non-hydrogen) atoms. The summed E-state index contributed by atoms with van der Waals surface area (Å²) in [6.45, 7) is 0.354. The molecule has 0 heterocycles. The maximum atomic E-state index is 13.5. The molecule has 1 nitrogen and oxygen atoms in total. The van der Waals surface area contributed by atoms with E-state index in [9.17, 15) is 8.78 Å². The number of hydrogen-bond donors (Lipinski definition) is 1. The van der Waals surface area contributed by atoms with Gasteiger partial charge in [-0.15, -0.1) is 0 Å². The van der Waals surface area contributed by atoms with Crippen LogP contribution in [0.3, 0.4) is 0 Å². The summed E-state index contributed by atoms with van der Waals surface area (Å²) in [5.41, 5.74) is 9.86. The van der Waals surface area contributed by atoms with Gasteiger partial charge in [-0.3, -0.25) is 0 Å². The van der Waals surface area contributed by atoms with Gasteiger partial charge >= 0.3 is 0 Å². The molecule has 0 atom stereocenters. The van der Waals surface area contributed by atoms with Crippen LogP contribution in [-0.4, -0.2) is 6.54 Å². The summed E-state index contributed by atoms with van der Waals surface area (Å²) in [6.07, 6.45) is 1.68. The Hall–Kier alpha value is -1.74. The van der Waals surface area contributed by atoms with Crippen LogP contribution in [0.25, 0.3) is 0 Å². The lowest BCUT2D eigenvalue weighted by Crippen LogP contribution is -2.15. The number of rotatable bonds is 1. The lowest BCUT2D eigenvalue weighted by molar-refractivity contribution is 0.618. The van der Waals surface area contributed by atoms with Gasteiger partial charge in [-0.25, -0.2) is 8.78 Å². The highest BCUT2D eigenvalue weighted by Crippen LogP contribution is 2.34. The van der Waals surface area contributed by atoms with Crippen molar-refractivity contribution in [3.8, 4) is 0 Å². The number of halogens is 2. The van der Waals surface area contributed by atoms with Crippen LogP contribution in [-0.2, 0) is 12.8 Å². The van der Waals surface area contributed by atoms with Gasteiger partial charge in [0.15, 0.2) is 0 Å². The Morgan fingerprint density at radius 2 is 1.37 bits per heavy atom. The van der Waals surface area contributed by atoms with Crippen molar-refractivity contribution in [2.45, 2.75) is 18.8 Å². The van der Waals surface area contributed by atoms with E-state index in [4.69, 9.17) is 5.73 Å². The first-order valence-electron chi connectivity index (χ1n) is 6.45. The van der Waals surface area contributed by atoms with Gasteiger partial charge < -0.3 is 5.73 Å². The molecular weight excluding hydrogens is 244 g/mol. The van der Waals surface area contributed by atoms with E-state index in [-0.39, 0.29) is 17.6 Å². The predicted molar refractivity (Wildman–Crippen MR) is 71.1 cm³/mol. The van der Waals surface area contributed by atoms with Gasteiger partial charge in [0.05, 0.1) is 0 Å². The minimum absolute atomic E-state index is 0.126. The molecule has 2 aromatic carbocycles. The highest BCUT2D eigenvalue weighted by molar-refractivity contribution is 5.45. The molecule has 0 spiro atoms. The first-order valence-corrected chi connectivity index (χ1v) is 6.45. The molecule has 0 unspecified atom stereocenters. The van der Waals surface area contributed by atoms with Crippen LogP contribution in [0.5, 0.6) is 0 Å². The molecular formula is C16H15F2N. The summed E-state index contributed by atoms with van der Waals surface area (Å²) in [7, 11) is 0. The molecule has 3 heteroatoms. The average molecular weight is 259 g/mol. The fourth-order valence-electron chi connectivity index (χ4n) is 2.93. The van der Waals surface area contributed by atoms with E-state index in [1.54, 1.807) is 0 Å². The highest BCUT2D eigenvalue weighted by Gasteiger charge is 2.23. The highest BCUT2D eigenvalue weighted by atomic mass is 19.1. The molecule has 0 bridgehead atoms.